The zero-order valence-corrected chi connectivity index (χ0v) is 18.0. The molecule has 1 aliphatic carbocycles. The molecule has 30 heavy (non-hydrogen) atoms. The maximum absolute atomic E-state index is 10.1. The lowest BCUT2D eigenvalue weighted by atomic mass is 9.63. The van der Waals surface area contributed by atoms with E-state index in [0.29, 0.717) is 12.8 Å². The molecule has 0 radical (unpaired) electrons. The maximum atomic E-state index is 10.1. The molecule has 1 heterocycles. The number of nitrogens with two attached hydrogens (primary N) is 2. The van der Waals surface area contributed by atoms with Crippen molar-refractivity contribution in [1.29, 1.82) is 0 Å². The summed E-state index contributed by atoms with van der Waals surface area (Å²) in [5, 5.41) is 10.9. The average molecular weight is 419 g/mol. The summed E-state index contributed by atoms with van der Waals surface area (Å²) >= 11 is 1.60. The van der Waals surface area contributed by atoms with Crippen molar-refractivity contribution in [1.82, 2.24) is 4.98 Å². The number of aliphatic imine (C=N–C) groups is 1. The van der Waals surface area contributed by atoms with Gasteiger partial charge in [0.1, 0.15) is 5.01 Å². The average Bonchev–Trinajstić information content (AvgIpc) is 3.16. The molecule has 1 fully saturated rings. The molecule has 6 heteroatoms. The van der Waals surface area contributed by atoms with Gasteiger partial charge in [-0.15, -0.1) is 11.3 Å². The largest absolute Gasteiger partial charge is 0.404 e. The molecule has 0 atom stereocenters. The summed E-state index contributed by atoms with van der Waals surface area (Å²) in [6.07, 6.45) is 4.39. The van der Waals surface area contributed by atoms with Crippen LogP contribution in [0.2, 0.25) is 0 Å². The normalized spacial score (nSPS) is 24.2. The highest BCUT2D eigenvalue weighted by molar-refractivity contribution is 7.17. The van der Waals surface area contributed by atoms with E-state index in [1.165, 1.54) is 6.20 Å². The highest BCUT2D eigenvalue weighted by Gasteiger charge is 2.49. The van der Waals surface area contributed by atoms with E-state index in [2.05, 4.69) is 29.3 Å². The van der Waals surface area contributed by atoms with Crippen molar-refractivity contribution in [3.63, 3.8) is 0 Å². The second-order valence-electron chi connectivity index (χ2n) is 8.16. The SMILES string of the molecule is CN=CC(=CN)c1nc(-c2ccc(C3(N)CC(C)(O)C3)cc2)c(-c2ccccc2)s1. The third-order valence-electron chi connectivity index (χ3n) is 5.48. The van der Waals surface area contributed by atoms with Crippen LogP contribution in [-0.2, 0) is 5.54 Å². The van der Waals surface area contributed by atoms with E-state index in [9.17, 15) is 5.11 Å². The van der Waals surface area contributed by atoms with E-state index >= 15 is 0 Å². The van der Waals surface area contributed by atoms with Crippen molar-refractivity contribution in [2.75, 3.05) is 7.05 Å². The lowest BCUT2D eigenvalue weighted by molar-refractivity contribution is -0.0738. The highest BCUT2D eigenvalue weighted by atomic mass is 32.1. The van der Waals surface area contributed by atoms with Crippen LogP contribution >= 0.6 is 11.3 Å². The van der Waals surface area contributed by atoms with Gasteiger partial charge in [-0.05, 0) is 30.9 Å². The third kappa shape index (κ3) is 3.81. The second-order valence-corrected chi connectivity index (χ2v) is 9.16. The van der Waals surface area contributed by atoms with Crippen molar-refractivity contribution >= 4 is 23.1 Å². The first-order chi connectivity index (χ1) is 14.3. The van der Waals surface area contributed by atoms with Gasteiger partial charge in [0.15, 0.2) is 0 Å². The van der Waals surface area contributed by atoms with Crippen LogP contribution in [0.1, 0.15) is 30.3 Å². The Morgan fingerprint density at radius 1 is 1.10 bits per heavy atom. The van der Waals surface area contributed by atoms with Crippen LogP contribution < -0.4 is 11.5 Å². The van der Waals surface area contributed by atoms with E-state index in [4.69, 9.17) is 16.5 Å². The summed E-state index contributed by atoms with van der Waals surface area (Å²) in [7, 11) is 1.72. The standard InChI is InChI=1S/C24H26N4OS/c1-23(29)14-24(26,15-23)19-10-8-16(9-11-19)20-21(17-6-4-3-5-7-17)30-22(28-20)18(12-25)13-27-2/h3-13,29H,14-15,25-26H2,1-2H3. The van der Waals surface area contributed by atoms with E-state index in [1.54, 1.807) is 24.6 Å². The number of allylic oxidation sites excluding steroid dienone is 1. The summed E-state index contributed by atoms with van der Waals surface area (Å²) in [6, 6.07) is 18.4. The quantitative estimate of drug-likeness (QED) is 0.542. The Kier molecular flexibility index (Phi) is 5.32. The van der Waals surface area contributed by atoms with Gasteiger partial charge in [0.05, 0.1) is 16.2 Å². The summed E-state index contributed by atoms with van der Waals surface area (Å²) < 4.78 is 0. The molecule has 2 aromatic carbocycles. The minimum absolute atomic E-state index is 0.468. The van der Waals surface area contributed by atoms with E-state index < -0.39 is 11.1 Å². The summed E-state index contributed by atoms with van der Waals surface area (Å²) in [5.74, 6) is 0. The van der Waals surface area contributed by atoms with E-state index in [-0.39, 0.29) is 0 Å². The summed E-state index contributed by atoms with van der Waals surface area (Å²) in [5.41, 5.74) is 16.0. The number of aliphatic hydroxyl groups is 1. The van der Waals surface area contributed by atoms with Crippen molar-refractivity contribution in [3.8, 4) is 21.7 Å². The Morgan fingerprint density at radius 3 is 2.33 bits per heavy atom. The van der Waals surface area contributed by atoms with Gasteiger partial charge in [-0.25, -0.2) is 4.98 Å². The van der Waals surface area contributed by atoms with Crippen LogP contribution in [0.15, 0.2) is 65.8 Å². The Balaban J connectivity index is 1.75. The number of hydrogen-bond donors (Lipinski definition) is 3. The lowest BCUT2D eigenvalue weighted by Crippen LogP contribution is -2.58. The summed E-state index contributed by atoms with van der Waals surface area (Å²) in [6.45, 7) is 1.83. The van der Waals surface area contributed by atoms with Crippen LogP contribution in [-0.4, -0.2) is 29.0 Å². The van der Waals surface area contributed by atoms with Gasteiger partial charge in [0.2, 0.25) is 0 Å². The molecular weight excluding hydrogens is 392 g/mol. The number of hydrogen-bond acceptors (Lipinski definition) is 6. The van der Waals surface area contributed by atoms with Crippen LogP contribution in [0.25, 0.3) is 27.3 Å². The van der Waals surface area contributed by atoms with Crippen molar-refractivity contribution in [3.05, 3.63) is 71.4 Å². The van der Waals surface area contributed by atoms with Gasteiger partial charge in [-0.3, -0.25) is 4.99 Å². The third-order valence-corrected chi connectivity index (χ3v) is 6.64. The Morgan fingerprint density at radius 2 is 1.77 bits per heavy atom. The molecular formula is C24H26N4OS. The molecule has 154 valence electrons. The van der Waals surface area contributed by atoms with Crippen LogP contribution in [0.4, 0.5) is 0 Å². The number of aromatic nitrogens is 1. The number of benzene rings is 2. The van der Waals surface area contributed by atoms with Gasteiger partial charge < -0.3 is 16.6 Å². The zero-order valence-electron chi connectivity index (χ0n) is 17.2. The molecule has 1 aromatic heterocycles. The molecule has 3 aromatic rings. The first-order valence-electron chi connectivity index (χ1n) is 9.88. The van der Waals surface area contributed by atoms with Gasteiger partial charge in [0, 0.05) is 36.1 Å². The van der Waals surface area contributed by atoms with Crippen LogP contribution in [0, 0.1) is 0 Å². The van der Waals surface area contributed by atoms with E-state index in [1.807, 2.05) is 37.3 Å². The predicted molar refractivity (Wildman–Crippen MR) is 125 cm³/mol. The highest BCUT2D eigenvalue weighted by Crippen LogP contribution is 2.46. The van der Waals surface area contributed by atoms with Gasteiger partial charge >= 0.3 is 0 Å². The van der Waals surface area contributed by atoms with Crippen LogP contribution in [0.5, 0.6) is 0 Å². The smallest absolute Gasteiger partial charge is 0.127 e. The van der Waals surface area contributed by atoms with Crippen molar-refractivity contribution in [2.45, 2.75) is 30.9 Å². The second kappa shape index (κ2) is 7.80. The molecule has 5 N–H and O–H groups in total. The molecule has 0 aliphatic heterocycles. The molecule has 4 rings (SSSR count). The molecule has 0 bridgehead atoms. The monoisotopic (exact) mass is 418 g/mol. The fraction of sp³-hybridized carbons (Fsp3) is 0.250. The first kappa shape index (κ1) is 20.5. The minimum atomic E-state index is -0.677. The first-order valence-corrected chi connectivity index (χ1v) is 10.7. The van der Waals surface area contributed by atoms with Crippen LogP contribution in [0.3, 0.4) is 0 Å². The van der Waals surface area contributed by atoms with Gasteiger partial charge in [0.25, 0.3) is 0 Å². The number of thiazole rings is 1. The fourth-order valence-corrected chi connectivity index (χ4v) is 5.29. The predicted octanol–water partition coefficient (Wildman–Crippen LogP) is 4.18. The zero-order chi connectivity index (χ0) is 21.4. The molecule has 1 aliphatic rings. The fourth-order valence-electron chi connectivity index (χ4n) is 4.20. The summed E-state index contributed by atoms with van der Waals surface area (Å²) in [4.78, 5) is 10.1. The molecule has 0 spiro atoms. The molecule has 1 saturated carbocycles. The van der Waals surface area contributed by atoms with Gasteiger partial charge in [-0.2, -0.15) is 0 Å². The van der Waals surface area contributed by atoms with E-state index in [0.717, 1.165) is 37.8 Å². The topological polar surface area (TPSA) is 97.5 Å². The maximum Gasteiger partial charge on any atom is 0.127 e. The number of nitrogens with zero attached hydrogens (tertiary/aromatic N) is 2. The Hall–Kier alpha value is -2.80. The van der Waals surface area contributed by atoms with Crippen molar-refractivity contribution in [2.24, 2.45) is 16.5 Å². The Labute approximate surface area is 180 Å². The number of rotatable bonds is 5. The van der Waals surface area contributed by atoms with Gasteiger partial charge in [-0.1, -0.05) is 54.6 Å². The van der Waals surface area contributed by atoms with Crippen molar-refractivity contribution < 1.29 is 5.11 Å². The molecule has 5 nitrogen and oxygen atoms in total. The lowest BCUT2D eigenvalue weighted by Gasteiger charge is -2.49. The molecule has 0 amide bonds. The molecule has 0 saturated heterocycles. The minimum Gasteiger partial charge on any atom is -0.404 e. The Bertz CT molecular complexity index is 1090. The molecule has 0 unspecified atom stereocenters.